The van der Waals surface area contributed by atoms with Crippen molar-refractivity contribution in [3.05, 3.63) is 64.9 Å². The summed E-state index contributed by atoms with van der Waals surface area (Å²) in [5, 5.41) is 5.06. The van der Waals surface area contributed by atoms with Crippen LogP contribution in [0, 0.1) is 5.82 Å². The van der Waals surface area contributed by atoms with Gasteiger partial charge in [-0.1, -0.05) is 41.9 Å². The Balaban J connectivity index is 1.63. The van der Waals surface area contributed by atoms with Crippen LogP contribution in [0.25, 0.3) is 0 Å². The van der Waals surface area contributed by atoms with Crippen molar-refractivity contribution in [1.82, 2.24) is 10.2 Å². The van der Waals surface area contributed by atoms with Crippen molar-refractivity contribution in [1.29, 1.82) is 0 Å². The van der Waals surface area contributed by atoms with Crippen molar-refractivity contribution < 1.29 is 18.8 Å². The number of rotatable bonds is 5. The molecular weight excluding hydrogens is 361 g/mol. The SMILES string of the molecule is O=C(CN1C(=O)N[C@@H](Cc2ccccc2)C1=O)Nc1ccc(F)cc1Cl. The van der Waals surface area contributed by atoms with E-state index in [0.717, 1.165) is 22.6 Å². The van der Waals surface area contributed by atoms with Crippen molar-refractivity contribution in [2.75, 3.05) is 11.9 Å². The number of benzene rings is 2. The standard InChI is InChI=1S/C18H15ClFN3O3/c19-13-9-12(20)6-7-14(13)21-16(24)10-23-17(25)15(22-18(23)26)8-11-4-2-1-3-5-11/h1-7,9,15H,8,10H2,(H,21,24)(H,22,26)/t15-/m0/s1. The van der Waals surface area contributed by atoms with Crippen LogP contribution >= 0.6 is 11.6 Å². The number of hydrogen-bond donors (Lipinski definition) is 2. The number of urea groups is 1. The molecule has 2 aromatic rings. The molecule has 6 nitrogen and oxygen atoms in total. The van der Waals surface area contributed by atoms with Gasteiger partial charge in [0.2, 0.25) is 5.91 Å². The number of nitrogens with one attached hydrogen (secondary N) is 2. The van der Waals surface area contributed by atoms with Crippen LogP contribution in [0.3, 0.4) is 0 Å². The molecule has 1 aliphatic rings. The summed E-state index contributed by atoms with van der Waals surface area (Å²) in [4.78, 5) is 37.4. The van der Waals surface area contributed by atoms with Crippen molar-refractivity contribution in [2.45, 2.75) is 12.5 Å². The topological polar surface area (TPSA) is 78.5 Å². The first kappa shape index (κ1) is 17.9. The molecule has 134 valence electrons. The van der Waals surface area contributed by atoms with Crippen molar-refractivity contribution >= 4 is 35.1 Å². The van der Waals surface area contributed by atoms with E-state index in [4.69, 9.17) is 11.6 Å². The summed E-state index contributed by atoms with van der Waals surface area (Å²) in [5.74, 6) is -1.62. The molecule has 1 aliphatic heterocycles. The van der Waals surface area contributed by atoms with Gasteiger partial charge >= 0.3 is 6.03 Å². The molecule has 1 atom stereocenters. The highest BCUT2D eigenvalue weighted by Crippen LogP contribution is 2.22. The zero-order valence-electron chi connectivity index (χ0n) is 13.5. The van der Waals surface area contributed by atoms with Crippen LogP contribution in [0.2, 0.25) is 5.02 Å². The average Bonchev–Trinajstić information content (AvgIpc) is 2.86. The third kappa shape index (κ3) is 4.00. The number of halogens is 2. The summed E-state index contributed by atoms with van der Waals surface area (Å²) >= 11 is 5.85. The van der Waals surface area contributed by atoms with Crippen molar-refractivity contribution in [3.63, 3.8) is 0 Å². The van der Waals surface area contributed by atoms with E-state index in [9.17, 15) is 18.8 Å². The minimum absolute atomic E-state index is 0.0255. The second kappa shape index (κ2) is 7.53. The Hall–Kier alpha value is -2.93. The van der Waals surface area contributed by atoms with Crippen LogP contribution in [0.1, 0.15) is 5.56 Å². The summed E-state index contributed by atoms with van der Waals surface area (Å²) in [7, 11) is 0. The van der Waals surface area contributed by atoms with Crippen LogP contribution in [0.5, 0.6) is 0 Å². The van der Waals surface area contributed by atoms with E-state index in [0.29, 0.717) is 6.42 Å². The lowest BCUT2D eigenvalue weighted by molar-refractivity contribution is -0.130. The molecule has 0 unspecified atom stereocenters. The van der Waals surface area contributed by atoms with Gasteiger partial charge in [0.15, 0.2) is 0 Å². The Labute approximate surface area is 153 Å². The Kier molecular flexibility index (Phi) is 5.18. The fraction of sp³-hybridized carbons (Fsp3) is 0.167. The van der Waals surface area contributed by atoms with Crippen LogP contribution in [0.15, 0.2) is 48.5 Å². The Morgan fingerprint density at radius 2 is 1.92 bits per heavy atom. The molecule has 2 N–H and O–H groups in total. The predicted molar refractivity (Wildman–Crippen MR) is 94.2 cm³/mol. The fourth-order valence-electron chi connectivity index (χ4n) is 2.64. The number of imide groups is 1. The molecule has 1 heterocycles. The maximum atomic E-state index is 13.0. The number of nitrogens with zero attached hydrogens (tertiary/aromatic N) is 1. The van der Waals surface area contributed by atoms with E-state index in [1.165, 1.54) is 6.07 Å². The van der Waals surface area contributed by atoms with Crippen LogP contribution in [-0.2, 0) is 16.0 Å². The lowest BCUT2D eigenvalue weighted by Gasteiger charge is -2.13. The minimum atomic E-state index is -0.716. The normalized spacial score (nSPS) is 16.5. The van der Waals surface area contributed by atoms with Gasteiger partial charge in [-0.25, -0.2) is 9.18 Å². The van der Waals surface area contributed by atoms with Gasteiger partial charge in [-0.3, -0.25) is 14.5 Å². The third-order valence-corrected chi connectivity index (χ3v) is 4.21. The lowest BCUT2D eigenvalue weighted by Crippen LogP contribution is -2.38. The Morgan fingerprint density at radius 1 is 1.19 bits per heavy atom. The first-order valence-electron chi connectivity index (χ1n) is 7.85. The van der Waals surface area contributed by atoms with Gasteiger partial charge in [0.1, 0.15) is 18.4 Å². The number of anilines is 1. The number of carbonyl (C=O) groups is 3. The molecule has 0 aromatic heterocycles. The molecule has 0 bridgehead atoms. The molecule has 26 heavy (non-hydrogen) atoms. The maximum absolute atomic E-state index is 13.0. The average molecular weight is 376 g/mol. The second-order valence-corrected chi connectivity index (χ2v) is 6.20. The van der Waals surface area contributed by atoms with Crippen LogP contribution in [-0.4, -0.2) is 35.3 Å². The highest BCUT2D eigenvalue weighted by atomic mass is 35.5. The summed E-state index contributed by atoms with van der Waals surface area (Å²) in [6, 6.07) is 11.4. The largest absolute Gasteiger partial charge is 0.325 e. The molecule has 0 radical (unpaired) electrons. The zero-order chi connectivity index (χ0) is 18.7. The predicted octanol–water partition coefficient (Wildman–Crippen LogP) is 2.58. The Morgan fingerprint density at radius 3 is 2.62 bits per heavy atom. The second-order valence-electron chi connectivity index (χ2n) is 5.79. The van der Waals surface area contributed by atoms with Gasteiger partial charge in [0.25, 0.3) is 5.91 Å². The van der Waals surface area contributed by atoms with Gasteiger partial charge in [0.05, 0.1) is 10.7 Å². The van der Waals surface area contributed by atoms with Crippen molar-refractivity contribution in [3.8, 4) is 0 Å². The molecule has 0 aliphatic carbocycles. The first-order valence-corrected chi connectivity index (χ1v) is 8.22. The van der Waals surface area contributed by atoms with Gasteiger partial charge < -0.3 is 10.6 Å². The lowest BCUT2D eigenvalue weighted by atomic mass is 10.1. The number of hydrogen-bond acceptors (Lipinski definition) is 3. The summed E-state index contributed by atoms with van der Waals surface area (Å²) < 4.78 is 13.0. The van der Waals surface area contributed by atoms with E-state index >= 15 is 0 Å². The van der Waals surface area contributed by atoms with Gasteiger partial charge in [-0.05, 0) is 23.8 Å². The van der Waals surface area contributed by atoms with E-state index in [-0.39, 0.29) is 10.7 Å². The molecule has 0 saturated carbocycles. The summed E-state index contributed by atoms with van der Waals surface area (Å²) in [6.07, 6.45) is 0.341. The van der Waals surface area contributed by atoms with Gasteiger partial charge in [-0.15, -0.1) is 0 Å². The number of carbonyl (C=O) groups excluding carboxylic acids is 3. The van der Waals surface area contributed by atoms with Crippen LogP contribution < -0.4 is 10.6 Å². The molecule has 8 heteroatoms. The Bertz CT molecular complexity index is 860. The minimum Gasteiger partial charge on any atom is -0.325 e. The van der Waals surface area contributed by atoms with E-state index in [2.05, 4.69) is 10.6 Å². The molecule has 2 aromatic carbocycles. The smallest absolute Gasteiger partial charge is 0.325 e. The van der Waals surface area contributed by atoms with Crippen molar-refractivity contribution in [2.24, 2.45) is 0 Å². The highest BCUT2D eigenvalue weighted by molar-refractivity contribution is 6.33. The number of amides is 4. The van der Waals surface area contributed by atoms with Gasteiger partial charge in [-0.2, -0.15) is 0 Å². The summed E-state index contributed by atoms with van der Waals surface area (Å²) in [5.41, 5.74) is 1.10. The van der Waals surface area contributed by atoms with E-state index in [1.807, 2.05) is 30.3 Å². The molecule has 4 amide bonds. The molecule has 3 rings (SSSR count). The molecular formula is C18H15ClFN3O3. The first-order chi connectivity index (χ1) is 12.4. The monoisotopic (exact) mass is 375 g/mol. The maximum Gasteiger partial charge on any atom is 0.325 e. The fourth-order valence-corrected chi connectivity index (χ4v) is 2.85. The van der Waals surface area contributed by atoms with Gasteiger partial charge in [0, 0.05) is 6.42 Å². The third-order valence-electron chi connectivity index (χ3n) is 3.90. The highest BCUT2D eigenvalue weighted by Gasteiger charge is 2.38. The zero-order valence-corrected chi connectivity index (χ0v) is 14.3. The van der Waals surface area contributed by atoms with E-state index in [1.54, 1.807) is 0 Å². The molecule has 1 fully saturated rings. The quantitative estimate of drug-likeness (QED) is 0.788. The van der Waals surface area contributed by atoms with E-state index < -0.39 is 36.2 Å². The summed E-state index contributed by atoms with van der Waals surface area (Å²) in [6.45, 7) is -0.455. The molecule has 0 spiro atoms. The molecule has 1 saturated heterocycles. The van der Waals surface area contributed by atoms with Crippen LogP contribution in [0.4, 0.5) is 14.9 Å².